The van der Waals surface area contributed by atoms with Crippen LogP contribution in [0, 0.1) is 0 Å². The molecule has 18 heavy (non-hydrogen) atoms. The van der Waals surface area contributed by atoms with Crippen molar-refractivity contribution < 1.29 is 4.79 Å². The van der Waals surface area contributed by atoms with Crippen LogP contribution in [0.25, 0.3) is 5.52 Å². The van der Waals surface area contributed by atoms with E-state index in [2.05, 4.69) is 0 Å². The molecular formula is C14H17N3O. The predicted octanol–water partition coefficient (Wildman–Crippen LogP) is 1.50. The maximum Gasteiger partial charge on any atom is 0.255 e. The summed E-state index contributed by atoms with van der Waals surface area (Å²) in [5.74, 6) is 0.0915. The van der Waals surface area contributed by atoms with Gasteiger partial charge in [0.25, 0.3) is 5.91 Å². The van der Waals surface area contributed by atoms with Crippen LogP contribution in [0.1, 0.15) is 23.2 Å². The number of hydrogen-bond donors (Lipinski definition) is 1. The Kier molecular flexibility index (Phi) is 2.80. The highest BCUT2D eigenvalue weighted by atomic mass is 16.2. The second kappa shape index (κ2) is 4.46. The Balaban J connectivity index is 1.87. The number of rotatable bonds is 1. The van der Waals surface area contributed by atoms with Crippen LogP contribution in [0.4, 0.5) is 0 Å². The average molecular weight is 243 g/mol. The van der Waals surface area contributed by atoms with Crippen LogP contribution in [0.2, 0.25) is 0 Å². The minimum absolute atomic E-state index is 0.0915. The topological polar surface area (TPSA) is 50.7 Å². The van der Waals surface area contributed by atoms with Gasteiger partial charge in [0.15, 0.2) is 0 Å². The number of nitrogens with two attached hydrogens (primary N) is 1. The number of piperidine rings is 1. The van der Waals surface area contributed by atoms with Gasteiger partial charge in [0.2, 0.25) is 0 Å². The third-order valence-electron chi connectivity index (χ3n) is 3.50. The van der Waals surface area contributed by atoms with Crippen LogP contribution in [0.5, 0.6) is 0 Å². The van der Waals surface area contributed by atoms with Gasteiger partial charge in [-0.2, -0.15) is 0 Å². The summed E-state index contributed by atoms with van der Waals surface area (Å²) in [6.45, 7) is 1.49. The summed E-state index contributed by atoms with van der Waals surface area (Å²) < 4.78 is 1.97. The standard InChI is InChI=1S/C14H17N3O/c15-12-4-3-7-17(10-12)14(18)11-8-13-5-1-2-6-16(13)9-11/h1-2,5-6,8-9,12H,3-4,7,10,15H2/t12-/m1/s1. The molecule has 0 saturated carbocycles. The number of fused-ring (bicyclic) bond motifs is 1. The van der Waals surface area contributed by atoms with Gasteiger partial charge in [-0.3, -0.25) is 4.79 Å². The molecule has 2 aromatic rings. The number of carbonyl (C=O) groups excluding carboxylic acids is 1. The summed E-state index contributed by atoms with van der Waals surface area (Å²) in [6.07, 6.45) is 5.85. The Bertz CT molecular complexity index is 542. The molecule has 0 aromatic carbocycles. The quantitative estimate of drug-likeness (QED) is 0.825. The molecule has 0 radical (unpaired) electrons. The molecule has 0 spiro atoms. The molecule has 3 heterocycles. The van der Waals surface area contributed by atoms with E-state index in [9.17, 15) is 4.79 Å². The van der Waals surface area contributed by atoms with Crippen molar-refractivity contribution in [3.63, 3.8) is 0 Å². The van der Waals surface area contributed by atoms with Gasteiger partial charge in [0.05, 0.1) is 5.56 Å². The zero-order chi connectivity index (χ0) is 12.5. The molecule has 4 heteroatoms. The molecule has 0 unspecified atom stereocenters. The van der Waals surface area contributed by atoms with Crippen molar-refractivity contribution in [1.29, 1.82) is 0 Å². The molecule has 94 valence electrons. The molecule has 0 bridgehead atoms. The summed E-state index contributed by atoms with van der Waals surface area (Å²) >= 11 is 0. The van der Waals surface area contributed by atoms with E-state index in [0.717, 1.165) is 30.5 Å². The Labute approximate surface area is 106 Å². The molecule has 3 rings (SSSR count). The van der Waals surface area contributed by atoms with Crippen LogP contribution < -0.4 is 5.73 Å². The molecule has 1 amide bonds. The first-order valence-corrected chi connectivity index (χ1v) is 6.35. The molecule has 1 saturated heterocycles. The Morgan fingerprint density at radius 3 is 3.06 bits per heavy atom. The third-order valence-corrected chi connectivity index (χ3v) is 3.50. The van der Waals surface area contributed by atoms with E-state index in [4.69, 9.17) is 5.73 Å². The predicted molar refractivity (Wildman–Crippen MR) is 70.5 cm³/mol. The summed E-state index contributed by atoms with van der Waals surface area (Å²) in [4.78, 5) is 14.2. The number of amides is 1. The van der Waals surface area contributed by atoms with Gasteiger partial charge >= 0.3 is 0 Å². The first-order chi connectivity index (χ1) is 8.74. The first kappa shape index (κ1) is 11.3. The molecule has 2 N–H and O–H groups in total. The third kappa shape index (κ3) is 1.99. The molecule has 0 aliphatic carbocycles. The van der Waals surface area contributed by atoms with Crippen molar-refractivity contribution in [2.45, 2.75) is 18.9 Å². The van der Waals surface area contributed by atoms with E-state index in [0.29, 0.717) is 6.54 Å². The van der Waals surface area contributed by atoms with Gasteiger partial charge in [-0.25, -0.2) is 0 Å². The number of carbonyl (C=O) groups is 1. The summed E-state index contributed by atoms with van der Waals surface area (Å²) in [7, 11) is 0. The van der Waals surface area contributed by atoms with Crippen molar-refractivity contribution in [3.8, 4) is 0 Å². The van der Waals surface area contributed by atoms with E-state index in [1.165, 1.54) is 0 Å². The molecule has 1 fully saturated rings. The van der Waals surface area contributed by atoms with Crippen molar-refractivity contribution in [3.05, 3.63) is 42.2 Å². The van der Waals surface area contributed by atoms with Crippen LogP contribution in [-0.2, 0) is 0 Å². The smallest absolute Gasteiger partial charge is 0.255 e. The van der Waals surface area contributed by atoms with E-state index < -0.39 is 0 Å². The Hall–Kier alpha value is -1.81. The monoisotopic (exact) mass is 243 g/mol. The SMILES string of the molecule is N[C@@H]1CCCN(C(=O)c2cc3ccccn3c2)C1. The second-order valence-electron chi connectivity index (χ2n) is 4.92. The van der Waals surface area contributed by atoms with Crippen LogP contribution >= 0.6 is 0 Å². The highest BCUT2D eigenvalue weighted by Crippen LogP contribution is 2.15. The van der Waals surface area contributed by atoms with Gasteiger partial charge in [-0.1, -0.05) is 6.07 Å². The van der Waals surface area contributed by atoms with E-state index in [-0.39, 0.29) is 11.9 Å². The molecule has 4 nitrogen and oxygen atoms in total. The molecule has 1 aliphatic rings. The van der Waals surface area contributed by atoms with Gasteiger partial charge in [-0.15, -0.1) is 0 Å². The number of pyridine rings is 1. The normalized spacial score (nSPS) is 20.3. The lowest BCUT2D eigenvalue weighted by Gasteiger charge is -2.30. The van der Waals surface area contributed by atoms with Gasteiger partial charge in [-0.05, 0) is 31.0 Å². The summed E-state index contributed by atoms with van der Waals surface area (Å²) in [6, 6.07) is 7.99. The fourth-order valence-corrected chi connectivity index (χ4v) is 2.55. The Morgan fingerprint density at radius 1 is 1.39 bits per heavy atom. The number of likely N-dealkylation sites (tertiary alicyclic amines) is 1. The van der Waals surface area contributed by atoms with Crippen LogP contribution in [0.15, 0.2) is 36.7 Å². The molecule has 1 aliphatic heterocycles. The van der Waals surface area contributed by atoms with Crippen molar-refractivity contribution in [1.82, 2.24) is 9.30 Å². The van der Waals surface area contributed by atoms with Crippen molar-refractivity contribution in [2.24, 2.45) is 5.73 Å². The maximum absolute atomic E-state index is 12.4. The van der Waals surface area contributed by atoms with Gasteiger partial charge in [0, 0.05) is 37.0 Å². The molecule has 1 atom stereocenters. The highest BCUT2D eigenvalue weighted by molar-refractivity contribution is 5.95. The number of hydrogen-bond acceptors (Lipinski definition) is 2. The van der Waals surface area contributed by atoms with Gasteiger partial charge in [0.1, 0.15) is 0 Å². The molecular weight excluding hydrogens is 226 g/mol. The fourth-order valence-electron chi connectivity index (χ4n) is 2.55. The number of aromatic nitrogens is 1. The summed E-state index contributed by atoms with van der Waals surface area (Å²) in [5.41, 5.74) is 7.71. The van der Waals surface area contributed by atoms with Crippen molar-refractivity contribution >= 4 is 11.4 Å². The largest absolute Gasteiger partial charge is 0.337 e. The lowest BCUT2D eigenvalue weighted by molar-refractivity contribution is 0.0709. The number of nitrogens with zero attached hydrogens (tertiary/aromatic N) is 2. The zero-order valence-corrected chi connectivity index (χ0v) is 10.2. The lowest BCUT2D eigenvalue weighted by atomic mass is 10.1. The van der Waals surface area contributed by atoms with E-state index in [1.807, 2.05) is 46.0 Å². The average Bonchev–Trinajstić information content (AvgIpc) is 2.81. The zero-order valence-electron chi connectivity index (χ0n) is 10.2. The highest BCUT2D eigenvalue weighted by Gasteiger charge is 2.22. The van der Waals surface area contributed by atoms with E-state index >= 15 is 0 Å². The Morgan fingerprint density at radius 2 is 2.28 bits per heavy atom. The lowest BCUT2D eigenvalue weighted by Crippen LogP contribution is -2.45. The second-order valence-corrected chi connectivity index (χ2v) is 4.92. The van der Waals surface area contributed by atoms with Crippen LogP contribution in [0.3, 0.4) is 0 Å². The summed E-state index contributed by atoms with van der Waals surface area (Å²) in [5, 5.41) is 0. The van der Waals surface area contributed by atoms with Crippen molar-refractivity contribution in [2.75, 3.05) is 13.1 Å². The van der Waals surface area contributed by atoms with E-state index in [1.54, 1.807) is 0 Å². The van der Waals surface area contributed by atoms with Crippen LogP contribution in [-0.4, -0.2) is 34.3 Å². The first-order valence-electron chi connectivity index (χ1n) is 6.35. The fraction of sp³-hybridized carbons (Fsp3) is 0.357. The molecule has 2 aromatic heterocycles. The van der Waals surface area contributed by atoms with Gasteiger partial charge < -0.3 is 15.0 Å². The minimum atomic E-state index is 0.0915. The minimum Gasteiger partial charge on any atom is -0.337 e. The maximum atomic E-state index is 12.4.